The summed E-state index contributed by atoms with van der Waals surface area (Å²) in [7, 11) is 2.94. The van der Waals surface area contributed by atoms with Gasteiger partial charge in [0.15, 0.2) is 0 Å². The first-order valence-corrected chi connectivity index (χ1v) is 14.3. The molecule has 0 N–H and O–H groups in total. The first-order chi connectivity index (χ1) is 17.4. The average molecular weight is 485 g/mol. The van der Waals surface area contributed by atoms with Gasteiger partial charge in [-0.3, -0.25) is 9.59 Å². The fourth-order valence-electron chi connectivity index (χ4n) is 14.0. The molecule has 1 aromatic rings. The Morgan fingerprint density at radius 2 is 1.17 bits per heavy atom. The SMILES string of the molecule is COC(=O)[C@@H]1[C@H]2C=C[C@@H]([C@H]1C(=O)OC)[C@@H]1[C@@H]3C[C@H]([C@H]21)[C@@H]1[C@H]3[C@@]2(C)[C@H]3[C@H]([C@H]4C[C@@H]3c3ccccc34)[C@@]12C. The summed E-state index contributed by atoms with van der Waals surface area (Å²) in [4.78, 5) is 26.1. The Morgan fingerprint density at radius 1 is 0.722 bits per heavy atom. The zero-order valence-corrected chi connectivity index (χ0v) is 21.6. The molecule has 0 saturated heterocycles. The third-order valence-electron chi connectivity index (χ3n) is 14.4. The Balaban J connectivity index is 1.14. The van der Waals surface area contributed by atoms with Crippen LogP contribution in [-0.2, 0) is 19.1 Å². The van der Waals surface area contributed by atoms with Gasteiger partial charge in [0.25, 0.3) is 0 Å². The highest BCUT2D eigenvalue weighted by molar-refractivity contribution is 5.84. The number of carbonyl (C=O) groups is 2. The van der Waals surface area contributed by atoms with Crippen molar-refractivity contribution in [3.8, 4) is 0 Å². The van der Waals surface area contributed by atoms with Crippen LogP contribution in [0.15, 0.2) is 36.4 Å². The molecule has 0 heterocycles. The Labute approximate surface area is 213 Å². The van der Waals surface area contributed by atoms with Crippen LogP contribution in [0, 0.1) is 81.8 Å². The molecule has 188 valence electrons. The van der Waals surface area contributed by atoms with E-state index >= 15 is 0 Å². The predicted molar refractivity (Wildman–Crippen MR) is 132 cm³/mol. The molecule has 9 aliphatic rings. The van der Waals surface area contributed by atoms with Crippen LogP contribution in [0.3, 0.4) is 0 Å². The van der Waals surface area contributed by atoms with Crippen molar-refractivity contribution in [1.29, 1.82) is 0 Å². The van der Waals surface area contributed by atoms with Gasteiger partial charge in [0.1, 0.15) is 0 Å². The normalized spacial score (nSPS) is 58.7. The molecule has 36 heavy (non-hydrogen) atoms. The fraction of sp³-hybridized carbons (Fsp3) is 0.688. The standard InChI is InChI=1S/C32H36O4/c1-31-25-17-11-18(14-8-6-5-7-13(14)17)26(25)32(31,2)28-20-12-19(27(28)31)21-15-9-10-16(22(20)21)24(30(34)36-4)23(15)29(33)35-3/h5-10,15-28H,11-12H2,1-4H3/t15-,16+,17-,18+,19+,20-,21-,22+,23-,24-,25-,26+,27+,28-,31-,32+/m1/s1. The molecule has 10 rings (SSSR count). The summed E-state index contributed by atoms with van der Waals surface area (Å²) in [5, 5.41) is 0. The number of esters is 2. The monoisotopic (exact) mass is 484 g/mol. The lowest BCUT2D eigenvalue weighted by Crippen LogP contribution is -2.81. The minimum atomic E-state index is -0.390. The van der Waals surface area contributed by atoms with E-state index in [1.165, 1.54) is 27.1 Å². The topological polar surface area (TPSA) is 52.6 Å². The lowest BCUT2D eigenvalue weighted by Gasteiger charge is -2.85. The van der Waals surface area contributed by atoms with Crippen LogP contribution in [0.25, 0.3) is 0 Å². The molecule has 0 radical (unpaired) electrons. The van der Waals surface area contributed by atoms with Crippen LogP contribution in [0.4, 0.5) is 0 Å². The van der Waals surface area contributed by atoms with Crippen molar-refractivity contribution in [2.75, 3.05) is 14.2 Å². The van der Waals surface area contributed by atoms with E-state index in [9.17, 15) is 9.59 Å². The summed E-state index contributed by atoms with van der Waals surface area (Å²) in [6.45, 7) is 5.33. The van der Waals surface area contributed by atoms with E-state index in [2.05, 4.69) is 50.3 Å². The highest BCUT2D eigenvalue weighted by Gasteiger charge is 2.90. The molecule has 0 amide bonds. The van der Waals surface area contributed by atoms with Gasteiger partial charge in [0.05, 0.1) is 26.1 Å². The number of benzene rings is 1. The third-order valence-corrected chi connectivity index (χ3v) is 14.4. The van der Waals surface area contributed by atoms with Crippen LogP contribution in [0.1, 0.15) is 49.7 Å². The molecule has 1 aromatic carbocycles. The second kappa shape index (κ2) is 6.13. The average Bonchev–Trinajstić information content (AvgIpc) is 3.68. The van der Waals surface area contributed by atoms with Crippen molar-refractivity contribution in [1.82, 2.24) is 0 Å². The number of carbonyl (C=O) groups excluding carboxylic acids is 2. The van der Waals surface area contributed by atoms with Gasteiger partial charge in [-0.15, -0.1) is 0 Å². The molecule has 0 aliphatic heterocycles. The minimum absolute atomic E-state index is 0.111. The predicted octanol–water partition coefficient (Wildman–Crippen LogP) is 5.05. The number of allylic oxidation sites excluding steroid dienone is 2. The summed E-state index contributed by atoms with van der Waals surface area (Å²) in [6.07, 6.45) is 7.25. The van der Waals surface area contributed by atoms with E-state index in [0.29, 0.717) is 34.5 Å². The number of fused-ring (bicyclic) bond motifs is 19. The molecule has 16 atom stereocenters. The number of ether oxygens (including phenoxy) is 2. The molecule has 4 heteroatoms. The van der Waals surface area contributed by atoms with Crippen molar-refractivity contribution in [3.05, 3.63) is 47.5 Å². The van der Waals surface area contributed by atoms with Crippen molar-refractivity contribution >= 4 is 11.9 Å². The first-order valence-electron chi connectivity index (χ1n) is 14.3. The molecule has 6 saturated carbocycles. The van der Waals surface area contributed by atoms with Crippen LogP contribution < -0.4 is 0 Å². The number of rotatable bonds is 2. The maximum Gasteiger partial charge on any atom is 0.310 e. The third kappa shape index (κ3) is 1.78. The molecule has 9 aliphatic carbocycles. The molecular weight excluding hydrogens is 448 g/mol. The van der Waals surface area contributed by atoms with Gasteiger partial charge in [-0.25, -0.2) is 0 Å². The van der Waals surface area contributed by atoms with Gasteiger partial charge in [0.2, 0.25) is 0 Å². The largest absolute Gasteiger partial charge is 0.469 e. The first kappa shape index (κ1) is 20.9. The lowest BCUT2D eigenvalue weighted by molar-refractivity contribution is -0.375. The Hall–Kier alpha value is -2.10. The maximum absolute atomic E-state index is 13.1. The Bertz CT molecular complexity index is 1170. The summed E-state index contributed by atoms with van der Waals surface area (Å²) < 4.78 is 10.6. The zero-order chi connectivity index (χ0) is 24.5. The quantitative estimate of drug-likeness (QED) is 0.335. The van der Waals surface area contributed by atoms with E-state index in [0.717, 1.165) is 35.5 Å². The Kier molecular flexibility index (Phi) is 3.56. The molecule has 0 spiro atoms. The zero-order valence-electron chi connectivity index (χ0n) is 21.6. The van der Waals surface area contributed by atoms with Gasteiger partial charge in [0, 0.05) is 0 Å². The number of hydrogen-bond donors (Lipinski definition) is 0. The minimum Gasteiger partial charge on any atom is -0.469 e. The van der Waals surface area contributed by atoms with Crippen LogP contribution in [-0.4, -0.2) is 26.2 Å². The van der Waals surface area contributed by atoms with Crippen molar-refractivity contribution in [2.45, 2.75) is 38.5 Å². The molecule has 6 bridgehead atoms. The van der Waals surface area contributed by atoms with E-state index in [-0.39, 0.29) is 35.6 Å². The van der Waals surface area contributed by atoms with Gasteiger partial charge < -0.3 is 9.47 Å². The van der Waals surface area contributed by atoms with E-state index in [1.54, 1.807) is 11.1 Å². The van der Waals surface area contributed by atoms with Gasteiger partial charge >= 0.3 is 11.9 Å². The second-order valence-electron chi connectivity index (χ2n) is 14.1. The molecule has 4 nitrogen and oxygen atoms in total. The number of hydrogen-bond acceptors (Lipinski definition) is 4. The fourth-order valence-corrected chi connectivity index (χ4v) is 14.0. The lowest BCUT2D eigenvalue weighted by atomic mass is 9.19. The van der Waals surface area contributed by atoms with Crippen molar-refractivity contribution in [3.63, 3.8) is 0 Å². The molecular formula is C32H36O4. The van der Waals surface area contributed by atoms with Crippen LogP contribution in [0.5, 0.6) is 0 Å². The van der Waals surface area contributed by atoms with Gasteiger partial charge in [-0.05, 0) is 106 Å². The summed E-state index contributed by atoms with van der Waals surface area (Å²) in [6, 6.07) is 9.33. The molecule has 0 aromatic heterocycles. The van der Waals surface area contributed by atoms with Crippen LogP contribution >= 0.6 is 0 Å². The van der Waals surface area contributed by atoms with Gasteiger partial charge in [-0.2, -0.15) is 0 Å². The second-order valence-corrected chi connectivity index (χ2v) is 14.1. The van der Waals surface area contributed by atoms with Crippen molar-refractivity contribution < 1.29 is 19.1 Å². The maximum atomic E-state index is 13.1. The summed E-state index contributed by atoms with van der Waals surface area (Å²) in [5.41, 5.74) is 4.15. The van der Waals surface area contributed by atoms with E-state index in [4.69, 9.17) is 9.47 Å². The van der Waals surface area contributed by atoms with Crippen LogP contribution in [0.2, 0.25) is 0 Å². The highest BCUT2D eigenvalue weighted by atomic mass is 16.5. The van der Waals surface area contributed by atoms with Crippen molar-refractivity contribution in [2.24, 2.45) is 81.8 Å². The smallest absolute Gasteiger partial charge is 0.310 e. The number of methoxy groups -OCH3 is 2. The highest BCUT2D eigenvalue weighted by Crippen LogP contribution is 2.95. The summed E-state index contributed by atoms with van der Waals surface area (Å²) >= 11 is 0. The Morgan fingerprint density at radius 3 is 1.58 bits per heavy atom. The molecule has 0 unspecified atom stereocenters. The molecule has 6 fully saturated rings. The van der Waals surface area contributed by atoms with E-state index in [1.807, 2.05) is 0 Å². The summed E-state index contributed by atoms with van der Waals surface area (Å²) in [5.74, 6) is 6.12. The van der Waals surface area contributed by atoms with E-state index < -0.39 is 0 Å². The van der Waals surface area contributed by atoms with Gasteiger partial charge in [-0.1, -0.05) is 50.3 Å².